The van der Waals surface area contributed by atoms with E-state index in [0.717, 1.165) is 36.3 Å². The number of carbonyl (C=O) groups is 1. The first-order chi connectivity index (χ1) is 13.6. The zero-order valence-corrected chi connectivity index (χ0v) is 16.7. The van der Waals surface area contributed by atoms with Gasteiger partial charge in [-0.05, 0) is 43.2 Å². The minimum Gasteiger partial charge on any atom is -0.494 e. The molecule has 2 fully saturated rings. The summed E-state index contributed by atoms with van der Waals surface area (Å²) in [6, 6.07) is 4.03. The molecule has 0 bridgehead atoms. The number of rotatable bonds is 4. The fourth-order valence-corrected chi connectivity index (χ4v) is 4.77. The smallest absolute Gasteiger partial charge is 0.432 e. The number of anilines is 1. The summed E-state index contributed by atoms with van der Waals surface area (Å²) in [4.78, 5) is 22.2. The summed E-state index contributed by atoms with van der Waals surface area (Å²) in [6.07, 6.45) is 2.26. The van der Waals surface area contributed by atoms with Crippen LogP contribution in [0.2, 0.25) is 0 Å². The number of amides is 1. The van der Waals surface area contributed by atoms with Gasteiger partial charge in [0.25, 0.3) is 0 Å². The molecule has 1 amide bonds. The van der Waals surface area contributed by atoms with Crippen molar-refractivity contribution in [2.24, 2.45) is 0 Å². The lowest BCUT2D eigenvalue weighted by molar-refractivity contribution is -0.122. The van der Waals surface area contributed by atoms with E-state index in [2.05, 4.69) is 16.4 Å². The second kappa shape index (κ2) is 8.60. The molecule has 1 aromatic heterocycles. The highest BCUT2D eigenvalue weighted by Crippen LogP contribution is 2.40. The van der Waals surface area contributed by atoms with Gasteiger partial charge in [-0.25, -0.2) is 9.78 Å². The van der Waals surface area contributed by atoms with Crippen LogP contribution in [0.3, 0.4) is 0 Å². The third-order valence-corrected chi connectivity index (χ3v) is 6.28. The SMILES string of the molecule is COc1ccc(C2CCOCC2)c2sc(NC(=O)ON3CCC(O)CC3)nc12. The van der Waals surface area contributed by atoms with Crippen LogP contribution in [-0.4, -0.2) is 60.8 Å². The number of hydrogen-bond donors (Lipinski definition) is 2. The highest BCUT2D eigenvalue weighted by molar-refractivity contribution is 7.22. The van der Waals surface area contributed by atoms with E-state index in [1.54, 1.807) is 12.2 Å². The average molecular weight is 407 g/mol. The van der Waals surface area contributed by atoms with Crippen LogP contribution in [0.5, 0.6) is 5.75 Å². The van der Waals surface area contributed by atoms with Gasteiger partial charge < -0.3 is 19.4 Å². The van der Waals surface area contributed by atoms with Crippen molar-refractivity contribution in [3.8, 4) is 5.75 Å². The molecule has 28 heavy (non-hydrogen) atoms. The van der Waals surface area contributed by atoms with E-state index in [1.165, 1.54) is 16.9 Å². The lowest BCUT2D eigenvalue weighted by Crippen LogP contribution is -2.38. The molecule has 0 atom stereocenters. The largest absolute Gasteiger partial charge is 0.494 e. The summed E-state index contributed by atoms with van der Waals surface area (Å²) < 4.78 is 12.0. The van der Waals surface area contributed by atoms with Gasteiger partial charge in [-0.1, -0.05) is 17.4 Å². The molecule has 0 aliphatic carbocycles. The van der Waals surface area contributed by atoms with Crippen molar-refractivity contribution in [3.63, 3.8) is 0 Å². The van der Waals surface area contributed by atoms with Gasteiger partial charge in [0.2, 0.25) is 0 Å². The van der Waals surface area contributed by atoms with E-state index >= 15 is 0 Å². The van der Waals surface area contributed by atoms with Crippen LogP contribution in [0.4, 0.5) is 9.93 Å². The maximum absolute atomic E-state index is 12.3. The van der Waals surface area contributed by atoms with Crippen LogP contribution in [0, 0.1) is 0 Å². The predicted molar refractivity (Wildman–Crippen MR) is 106 cm³/mol. The molecule has 0 radical (unpaired) electrons. The van der Waals surface area contributed by atoms with Crippen LogP contribution >= 0.6 is 11.3 Å². The fourth-order valence-electron chi connectivity index (χ4n) is 3.71. The van der Waals surface area contributed by atoms with E-state index < -0.39 is 6.09 Å². The molecule has 0 saturated carbocycles. The van der Waals surface area contributed by atoms with Gasteiger partial charge in [-0.15, -0.1) is 5.06 Å². The monoisotopic (exact) mass is 407 g/mol. The second-order valence-corrected chi connectivity index (χ2v) is 8.10. The van der Waals surface area contributed by atoms with E-state index in [1.807, 2.05) is 6.07 Å². The summed E-state index contributed by atoms with van der Waals surface area (Å²) in [7, 11) is 1.62. The van der Waals surface area contributed by atoms with Crippen molar-refractivity contribution in [3.05, 3.63) is 17.7 Å². The number of benzene rings is 1. The number of aromatic nitrogens is 1. The molecule has 2 saturated heterocycles. The molecular weight excluding hydrogens is 382 g/mol. The normalized spacial score (nSPS) is 19.6. The number of hydrogen-bond acceptors (Lipinski definition) is 8. The molecule has 0 spiro atoms. The Hall–Kier alpha value is -1.94. The van der Waals surface area contributed by atoms with Gasteiger partial charge in [0.05, 0.1) is 17.9 Å². The Labute approximate surface area is 167 Å². The van der Waals surface area contributed by atoms with Crippen LogP contribution in [0.25, 0.3) is 10.2 Å². The Morgan fingerprint density at radius 3 is 2.75 bits per heavy atom. The summed E-state index contributed by atoms with van der Waals surface area (Å²) in [5.41, 5.74) is 1.98. The molecule has 2 aliphatic heterocycles. The molecule has 1 aromatic carbocycles. The van der Waals surface area contributed by atoms with Gasteiger partial charge in [-0.3, -0.25) is 5.32 Å². The first-order valence-corrected chi connectivity index (χ1v) is 10.4. The number of methoxy groups -OCH3 is 1. The molecule has 4 rings (SSSR count). The predicted octanol–water partition coefficient (Wildman–Crippen LogP) is 3.12. The zero-order valence-electron chi connectivity index (χ0n) is 15.8. The van der Waals surface area contributed by atoms with Gasteiger partial charge in [-0.2, -0.15) is 0 Å². The van der Waals surface area contributed by atoms with Gasteiger partial charge in [0, 0.05) is 26.3 Å². The van der Waals surface area contributed by atoms with Crippen LogP contribution in [0.1, 0.15) is 37.2 Å². The third kappa shape index (κ3) is 4.22. The number of aliphatic hydroxyl groups excluding tert-OH is 1. The molecule has 2 aliphatic rings. The molecule has 2 aromatic rings. The van der Waals surface area contributed by atoms with E-state index in [-0.39, 0.29) is 6.10 Å². The quantitative estimate of drug-likeness (QED) is 0.804. The van der Waals surface area contributed by atoms with E-state index in [9.17, 15) is 9.90 Å². The number of fused-ring (bicyclic) bond motifs is 1. The summed E-state index contributed by atoms with van der Waals surface area (Å²) in [6.45, 7) is 2.57. The molecule has 0 unspecified atom stereocenters. The number of piperidine rings is 1. The molecule has 3 heterocycles. The number of nitrogens with zero attached hydrogens (tertiary/aromatic N) is 2. The Balaban J connectivity index is 1.52. The first kappa shape index (κ1) is 19.4. The Bertz CT molecular complexity index is 828. The third-order valence-electron chi connectivity index (χ3n) is 5.26. The number of ether oxygens (including phenoxy) is 2. The van der Waals surface area contributed by atoms with Gasteiger partial charge in [0.15, 0.2) is 5.13 Å². The molecule has 152 valence electrons. The summed E-state index contributed by atoms with van der Waals surface area (Å²) in [5.74, 6) is 1.11. The molecule has 2 N–H and O–H groups in total. The maximum atomic E-state index is 12.3. The number of nitrogens with one attached hydrogen (secondary N) is 1. The Morgan fingerprint density at radius 2 is 2.04 bits per heavy atom. The standard InChI is InChI=1S/C19H25N3O5S/c1-25-15-3-2-14(12-6-10-26-11-7-12)17-16(15)20-18(28-17)21-19(24)27-22-8-4-13(23)5-9-22/h2-3,12-13,23H,4-11H2,1H3,(H,20,21,24). The topological polar surface area (TPSA) is 93.2 Å². The highest BCUT2D eigenvalue weighted by Gasteiger charge is 2.24. The number of hydroxylamine groups is 2. The van der Waals surface area contributed by atoms with Crippen molar-refractivity contribution < 1.29 is 24.2 Å². The van der Waals surface area contributed by atoms with Gasteiger partial charge >= 0.3 is 6.09 Å². The number of aliphatic hydroxyl groups is 1. The van der Waals surface area contributed by atoms with Crippen molar-refractivity contribution in [1.82, 2.24) is 10.0 Å². The highest BCUT2D eigenvalue weighted by atomic mass is 32.1. The van der Waals surface area contributed by atoms with E-state index in [4.69, 9.17) is 14.3 Å². The molecule has 8 nitrogen and oxygen atoms in total. The Morgan fingerprint density at radius 1 is 1.29 bits per heavy atom. The van der Waals surface area contributed by atoms with Gasteiger partial charge in [0.1, 0.15) is 11.3 Å². The maximum Gasteiger partial charge on any atom is 0.432 e. The van der Waals surface area contributed by atoms with Crippen LogP contribution in [0.15, 0.2) is 12.1 Å². The lowest BCUT2D eigenvalue weighted by atomic mass is 9.91. The van der Waals surface area contributed by atoms with E-state index in [0.29, 0.717) is 42.7 Å². The van der Waals surface area contributed by atoms with Crippen molar-refractivity contribution in [2.45, 2.75) is 37.7 Å². The molecule has 9 heteroatoms. The number of thiazole rings is 1. The fraction of sp³-hybridized carbons (Fsp3) is 0.579. The first-order valence-electron chi connectivity index (χ1n) is 9.61. The van der Waals surface area contributed by atoms with Crippen molar-refractivity contribution in [2.75, 3.05) is 38.7 Å². The lowest BCUT2D eigenvalue weighted by Gasteiger charge is -2.27. The average Bonchev–Trinajstić information content (AvgIpc) is 3.13. The number of carbonyl (C=O) groups excluding carboxylic acids is 1. The zero-order chi connectivity index (χ0) is 19.5. The van der Waals surface area contributed by atoms with Crippen molar-refractivity contribution >= 4 is 32.8 Å². The van der Waals surface area contributed by atoms with Crippen molar-refractivity contribution in [1.29, 1.82) is 0 Å². The second-order valence-electron chi connectivity index (χ2n) is 7.10. The Kier molecular flexibility index (Phi) is 5.96. The summed E-state index contributed by atoms with van der Waals surface area (Å²) >= 11 is 1.44. The molecular formula is C19H25N3O5S. The minimum atomic E-state index is -0.568. The summed E-state index contributed by atoms with van der Waals surface area (Å²) in [5, 5.41) is 14.3. The van der Waals surface area contributed by atoms with Crippen LogP contribution < -0.4 is 10.1 Å². The minimum absolute atomic E-state index is 0.316. The van der Waals surface area contributed by atoms with Crippen LogP contribution in [-0.2, 0) is 9.57 Å².